The van der Waals surface area contributed by atoms with E-state index in [1.807, 2.05) is 0 Å². The quantitative estimate of drug-likeness (QED) is 0.294. The number of carboxylic acid groups (broad SMARTS) is 1. The van der Waals surface area contributed by atoms with E-state index in [1.165, 1.54) is 46.3 Å². The van der Waals surface area contributed by atoms with Crippen molar-refractivity contribution in [3.63, 3.8) is 0 Å². The van der Waals surface area contributed by atoms with Crippen molar-refractivity contribution >= 4 is 35.0 Å². The minimum atomic E-state index is -3.23. The van der Waals surface area contributed by atoms with Gasteiger partial charge in [0.25, 0.3) is 5.92 Å². The van der Waals surface area contributed by atoms with Gasteiger partial charge in [0.05, 0.1) is 23.5 Å². The van der Waals surface area contributed by atoms with E-state index in [1.54, 1.807) is 31.5 Å². The van der Waals surface area contributed by atoms with E-state index in [2.05, 4.69) is 21.9 Å². The Morgan fingerprint density at radius 3 is 2.76 bits per heavy atom. The molecule has 3 atom stereocenters. The third kappa shape index (κ3) is 6.39. The molecule has 1 aromatic heterocycles. The van der Waals surface area contributed by atoms with E-state index in [0.717, 1.165) is 0 Å². The van der Waals surface area contributed by atoms with E-state index < -0.39 is 66.0 Å². The van der Waals surface area contributed by atoms with E-state index in [0.29, 0.717) is 10.6 Å². The number of piperidine rings is 1. The number of hydrogen-bond donors (Lipinski definition) is 2. The molecule has 4 heterocycles. The summed E-state index contributed by atoms with van der Waals surface area (Å²) in [5.41, 5.74) is -0.662. The lowest BCUT2D eigenvalue weighted by atomic mass is 9.86. The van der Waals surface area contributed by atoms with Crippen LogP contribution < -0.4 is 5.32 Å². The number of aliphatic imine (C=N–C) groups is 1. The first-order valence-electron chi connectivity index (χ1n) is 14.4. The van der Waals surface area contributed by atoms with Gasteiger partial charge in [-0.1, -0.05) is 24.8 Å². The average molecular weight is 646 g/mol. The highest BCUT2D eigenvalue weighted by molar-refractivity contribution is 7.11. The Morgan fingerprint density at radius 2 is 2.09 bits per heavy atom. The molecule has 2 N–H and O–H groups in total. The van der Waals surface area contributed by atoms with Crippen molar-refractivity contribution in [3.05, 3.63) is 75.7 Å². The lowest BCUT2D eigenvalue weighted by molar-refractivity contribution is -0.156. The number of nitrogens with one attached hydrogen (secondary N) is 1. The number of carbonyl (C=O) groups is 3. The number of thiazole rings is 1. The standard InChI is InChI=1S/C31H34F3N5O5S/c1-5-10-44-29(43)30(3,4)15-39-14-22-19(12-23(39)40)31(33,34)16-38(22)13-21-24(28(41)42)25(18-7-6-8-20(32)17(18)2)37-26(36-21)27-35-9-11-45-27/h5-9,11,19,22,25H,1,10,12-16H2,2-4H3,(H,36,37)(H,41,42)/t19-,22+,25?/m0/s1. The minimum Gasteiger partial charge on any atom is -0.478 e. The molecule has 1 unspecified atom stereocenters. The van der Waals surface area contributed by atoms with Crippen LogP contribution in [0.25, 0.3) is 0 Å². The predicted molar refractivity (Wildman–Crippen MR) is 160 cm³/mol. The van der Waals surface area contributed by atoms with Crippen molar-refractivity contribution in [1.82, 2.24) is 20.1 Å². The molecule has 2 aromatic rings. The number of amides is 1. The summed E-state index contributed by atoms with van der Waals surface area (Å²) in [4.78, 5) is 50.2. The number of aliphatic carboxylic acids is 1. The molecule has 2 fully saturated rings. The van der Waals surface area contributed by atoms with Crippen LogP contribution in [-0.4, -0.2) is 88.3 Å². The number of fused-ring (bicyclic) bond motifs is 1. The molecule has 0 bridgehead atoms. The fraction of sp³-hybridized carbons (Fsp3) is 0.452. The normalized spacial score (nSPS) is 23.3. The van der Waals surface area contributed by atoms with Crippen molar-refractivity contribution in [2.24, 2.45) is 16.3 Å². The number of halogens is 3. The number of carbonyl (C=O) groups excluding carboxylic acids is 2. The molecule has 14 heteroatoms. The number of likely N-dealkylation sites (tertiary alicyclic amines) is 2. The van der Waals surface area contributed by atoms with E-state index >= 15 is 8.78 Å². The number of hydrogen-bond acceptors (Lipinski definition) is 9. The second kappa shape index (κ2) is 12.4. The highest BCUT2D eigenvalue weighted by atomic mass is 32.1. The van der Waals surface area contributed by atoms with Gasteiger partial charge in [-0.3, -0.25) is 19.5 Å². The zero-order valence-corrected chi connectivity index (χ0v) is 25.9. The molecule has 0 spiro atoms. The average Bonchev–Trinajstić information content (AvgIpc) is 3.59. The molecule has 3 aliphatic heterocycles. The first-order chi connectivity index (χ1) is 21.2. The number of ether oxygens (including phenoxy) is 1. The van der Waals surface area contributed by atoms with Crippen molar-refractivity contribution in [2.45, 2.75) is 45.2 Å². The Labute approximate surface area is 262 Å². The van der Waals surface area contributed by atoms with Gasteiger partial charge in [0.15, 0.2) is 10.8 Å². The van der Waals surface area contributed by atoms with E-state index in [-0.39, 0.29) is 48.9 Å². The van der Waals surface area contributed by atoms with Gasteiger partial charge in [-0.2, -0.15) is 0 Å². The van der Waals surface area contributed by atoms with Crippen LogP contribution in [-0.2, 0) is 19.1 Å². The SMILES string of the molecule is C=CCOC(=O)C(C)(C)CN1C[C@@H]2[C@H](CC1=O)C(F)(F)CN2CC1=C(C(=O)O)C(c2cccc(F)c2C)N=C(c2nccs2)N1. The molecular weight excluding hydrogens is 611 g/mol. The summed E-state index contributed by atoms with van der Waals surface area (Å²) in [6.07, 6.45) is 2.55. The first-order valence-corrected chi connectivity index (χ1v) is 15.2. The molecule has 1 aromatic carbocycles. The van der Waals surface area contributed by atoms with Crippen molar-refractivity contribution in [1.29, 1.82) is 0 Å². The number of carboxylic acids is 1. The third-order valence-corrected chi connectivity index (χ3v) is 9.25. The second-order valence-corrected chi connectivity index (χ2v) is 13.0. The molecule has 3 aliphatic rings. The molecule has 0 radical (unpaired) electrons. The smallest absolute Gasteiger partial charge is 0.335 e. The maximum absolute atomic E-state index is 15.5. The van der Waals surface area contributed by atoms with Crippen LogP contribution in [0.5, 0.6) is 0 Å². The van der Waals surface area contributed by atoms with Gasteiger partial charge in [0.1, 0.15) is 18.5 Å². The summed E-state index contributed by atoms with van der Waals surface area (Å²) < 4.78 is 50.7. The minimum absolute atomic E-state index is 0.00262. The zero-order valence-electron chi connectivity index (χ0n) is 25.1. The number of alkyl halides is 2. The summed E-state index contributed by atoms with van der Waals surface area (Å²) in [6, 6.07) is 2.34. The Kier molecular flexibility index (Phi) is 8.91. The molecular formula is C31H34F3N5O5S. The number of amidine groups is 1. The molecule has 240 valence electrons. The maximum Gasteiger partial charge on any atom is 0.335 e. The summed E-state index contributed by atoms with van der Waals surface area (Å²) in [5.74, 6) is -7.22. The monoisotopic (exact) mass is 645 g/mol. The summed E-state index contributed by atoms with van der Waals surface area (Å²) >= 11 is 1.25. The Balaban J connectivity index is 1.49. The van der Waals surface area contributed by atoms with Crippen molar-refractivity contribution < 1.29 is 37.4 Å². The maximum atomic E-state index is 15.5. The van der Waals surface area contributed by atoms with Crippen LogP contribution in [0.15, 0.2) is 58.7 Å². The second-order valence-electron chi connectivity index (χ2n) is 12.1. The first kappa shape index (κ1) is 32.4. The molecule has 5 rings (SSSR count). The lowest BCUT2D eigenvalue weighted by Gasteiger charge is -2.41. The summed E-state index contributed by atoms with van der Waals surface area (Å²) in [5, 5.41) is 15.6. The van der Waals surface area contributed by atoms with Gasteiger partial charge in [-0.15, -0.1) is 11.3 Å². The molecule has 1 amide bonds. The van der Waals surface area contributed by atoms with Gasteiger partial charge in [-0.05, 0) is 38.0 Å². The number of aromatic nitrogens is 1. The molecule has 0 saturated carbocycles. The zero-order chi connectivity index (χ0) is 32.7. The van der Waals surface area contributed by atoms with Crippen LogP contribution in [0, 0.1) is 24.1 Å². The number of benzene rings is 1. The summed E-state index contributed by atoms with van der Waals surface area (Å²) in [6.45, 7) is 7.19. The van der Waals surface area contributed by atoms with Crippen molar-refractivity contribution in [2.75, 3.05) is 32.8 Å². The molecule has 45 heavy (non-hydrogen) atoms. The van der Waals surface area contributed by atoms with E-state index in [9.17, 15) is 23.9 Å². The number of nitrogens with zero attached hydrogens (tertiary/aromatic N) is 4. The van der Waals surface area contributed by atoms with E-state index in [4.69, 9.17) is 4.74 Å². The van der Waals surface area contributed by atoms with Gasteiger partial charge >= 0.3 is 11.9 Å². The highest BCUT2D eigenvalue weighted by Crippen LogP contribution is 2.44. The molecule has 2 saturated heterocycles. The van der Waals surface area contributed by atoms with Crippen LogP contribution in [0.4, 0.5) is 13.2 Å². The van der Waals surface area contributed by atoms with Crippen LogP contribution >= 0.6 is 11.3 Å². The van der Waals surface area contributed by atoms with Crippen LogP contribution in [0.3, 0.4) is 0 Å². The molecule has 0 aliphatic carbocycles. The summed E-state index contributed by atoms with van der Waals surface area (Å²) in [7, 11) is 0. The fourth-order valence-corrected chi connectivity index (χ4v) is 6.77. The predicted octanol–water partition coefficient (Wildman–Crippen LogP) is 3.94. The topological polar surface area (TPSA) is 124 Å². The van der Waals surface area contributed by atoms with Gasteiger partial charge in [0, 0.05) is 49.4 Å². The lowest BCUT2D eigenvalue weighted by Crippen LogP contribution is -2.55. The van der Waals surface area contributed by atoms with Crippen LogP contribution in [0.2, 0.25) is 0 Å². The fourth-order valence-electron chi connectivity index (χ4n) is 6.18. The Morgan fingerprint density at radius 1 is 1.33 bits per heavy atom. The Hall–Kier alpha value is -4.04. The van der Waals surface area contributed by atoms with Crippen LogP contribution in [0.1, 0.15) is 42.4 Å². The Bertz CT molecular complexity index is 1570. The third-order valence-electron chi connectivity index (χ3n) is 8.47. The van der Waals surface area contributed by atoms with Crippen molar-refractivity contribution in [3.8, 4) is 0 Å². The van der Waals surface area contributed by atoms with Gasteiger partial charge in [0.2, 0.25) is 5.91 Å². The largest absolute Gasteiger partial charge is 0.478 e. The number of esters is 1. The highest BCUT2D eigenvalue weighted by Gasteiger charge is 2.58. The van der Waals surface area contributed by atoms with Gasteiger partial charge < -0.3 is 20.1 Å². The molecule has 10 nitrogen and oxygen atoms in total. The van der Waals surface area contributed by atoms with Gasteiger partial charge in [-0.25, -0.2) is 22.9 Å². The number of rotatable bonds is 10.